The van der Waals surface area contributed by atoms with Gasteiger partial charge in [0.1, 0.15) is 6.54 Å². The van der Waals surface area contributed by atoms with E-state index in [0.717, 1.165) is 0 Å². The predicted octanol–water partition coefficient (Wildman–Crippen LogP) is 2.02. The van der Waals surface area contributed by atoms with Gasteiger partial charge in [0.15, 0.2) is 11.9 Å². The van der Waals surface area contributed by atoms with E-state index >= 15 is 0 Å². The first-order valence-electron chi connectivity index (χ1n) is 7.55. The lowest BCUT2D eigenvalue weighted by molar-refractivity contribution is -0.147. The van der Waals surface area contributed by atoms with Crippen LogP contribution in [0.3, 0.4) is 0 Å². The highest BCUT2D eigenvalue weighted by Gasteiger charge is 2.16. The third-order valence-electron chi connectivity index (χ3n) is 3.46. The molecule has 0 aliphatic carbocycles. The van der Waals surface area contributed by atoms with Crippen LogP contribution in [0.25, 0.3) is 10.9 Å². The van der Waals surface area contributed by atoms with E-state index in [-0.39, 0.29) is 23.8 Å². The van der Waals surface area contributed by atoms with Crippen molar-refractivity contribution >= 4 is 34.1 Å². The standard InChI is InChI=1S/C17H15N3O4S/c1-10(15-19-12-6-3-2-5-11(12)16(22)20-15)24-14(21)9-18-17(23)13-7-4-8-25-13/h2-8,10H,9H2,1H3,(H,18,23)(H,19,20,22)/t10-/m1/s1. The zero-order valence-corrected chi connectivity index (χ0v) is 14.1. The number of hydrogen-bond acceptors (Lipinski definition) is 6. The molecule has 25 heavy (non-hydrogen) atoms. The maximum Gasteiger partial charge on any atom is 0.326 e. The van der Waals surface area contributed by atoms with E-state index in [1.165, 1.54) is 11.3 Å². The molecule has 0 spiro atoms. The average Bonchev–Trinajstić information content (AvgIpc) is 3.14. The van der Waals surface area contributed by atoms with Gasteiger partial charge >= 0.3 is 5.97 Å². The van der Waals surface area contributed by atoms with Crippen molar-refractivity contribution in [2.45, 2.75) is 13.0 Å². The SMILES string of the molecule is C[C@@H](OC(=O)CNC(=O)c1cccs1)c1nc2ccccc2c(=O)[nH]1. The minimum absolute atomic E-state index is 0.252. The van der Waals surface area contributed by atoms with Gasteiger partial charge in [-0.2, -0.15) is 0 Å². The summed E-state index contributed by atoms with van der Waals surface area (Å²) in [5, 5.41) is 4.73. The Morgan fingerprint density at radius 2 is 2.08 bits per heavy atom. The summed E-state index contributed by atoms with van der Waals surface area (Å²) >= 11 is 1.28. The Hall–Kier alpha value is -3.00. The molecule has 0 aliphatic rings. The van der Waals surface area contributed by atoms with E-state index < -0.39 is 12.1 Å². The van der Waals surface area contributed by atoms with Crippen LogP contribution in [0.4, 0.5) is 0 Å². The van der Waals surface area contributed by atoms with Crippen LogP contribution in [0.5, 0.6) is 0 Å². The maximum absolute atomic E-state index is 12.0. The first-order valence-corrected chi connectivity index (χ1v) is 8.42. The van der Waals surface area contributed by atoms with Gasteiger partial charge < -0.3 is 15.0 Å². The second kappa shape index (κ2) is 7.27. The Balaban J connectivity index is 1.63. The number of H-pyrrole nitrogens is 1. The van der Waals surface area contributed by atoms with Gasteiger partial charge in [0.2, 0.25) is 0 Å². The van der Waals surface area contributed by atoms with E-state index in [9.17, 15) is 14.4 Å². The van der Waals surface area contributed by atoms with E-state index in [0.29, 0.717) is 15.8 Å². The monoisotopic (exact) mass is 357 g/mol. The lowest BCUT2D eigenvalue weighted by atomic mass is 10.2. The van der Waals surface area contributed by atoms with Crippen LogP contribution in [0.1, 0.15) is 28.5 Å². The van der Waals surface area contributed by atoms with Crippen LogP contribution in [0, 0.1) is 0 Å². The molecule has 0 aliphatic heterocycles. The highest BCUT2D eigenvalue weighted by Crippen LogP contribution is 2.14. The number of rotatable bonds is 5. The van der Waals surface area contributed by atoms with Crippen molar-refractivity contribution in [3.05, 3.63) is 62.8 Å². The molecule has 1 atom stereocenters. The van der Waals surface area contributed by atoms with Crippen molar-refractivity contribution in [1.82, 2.24) is 15.3 Å². The van der Waals surface area contributed by atoms with Gasteiger partial charge in [0, 0.05) is 0 Å². The number of ether oxygens (including phenoxy) is 1. The molecule has 2 N–H and O–H groups in total. The highest BCUT2D eigenvalue weighted by atomic mass is 32.1. The highest BCUT2D eigenvalue weighted by molar-refractivity contribution is 7.12. The van der Waals surface area contributed by atoms with Gasteiger partial charge in [0.25, 0.3) is 11.5 Å². The van der Waals surface area contributed by atoms with Crippen molar-refractivity contribution in [3.63, 3.8) is 0 Å². The van der Waals surface area contributed by atoms with Gasteiger partial charge in [-0.15, -0.1) is 11.3 Å². The molecule has 0 bridgehead atoms. The zero-order chi connectivity index (χ0) is 17.8. The molecule has 0 radical (unpaired) electrons. The van der Waals surface area contributed by atoms with E-state index in [2.05, 4.69) is 15.3 Å². The number of thiophene rings is 1. The van der Waals surface area contributed by atoms with Crippen LogP contribution in [0.15, 0.2) is 46.6 Å². The molecule has 128 valence electrons. The van der Waals surface area contributed by atoms with Crippen molar-refractivity contribution in [2.24, 2.45) is 0 Å². The van der Waals surface area contributed by atoms with Gasteiger partial charge in [0.05, 0.1) is 15.8 Å². The van der Waals surface area contributed by atoms with Crippen LogP contribution < -0.4 is 10.9 Å². The van der Waals surface area contributed by atoms with Gasteiger partial charge in [-0.3, -0.25) is 14.4 Å². The third-order valence-corrected chi connectivity index (χ3v) is 4.33. The van der Waals surface area contributed by atoms with Gasteiger partial charge in [-0.05, 0) is 30.5 Å². The number of fused-ring (bicyclic) bond motifs is 1. The number of hydrogen-bond donors (Lipinski definition) is 2. The summed E-state index contributed by atoms with van der Waals surface area (Å²) in [7, 11) is 0. The van der Waals surface area contributed by atoms with Gasteiger partial charge in [-0.25, -0.2) is 4.98 Å². The molecule has 3 rings (SSSR count). The molecular formula is C17H15N3O4S. The summed E-state index contributed by atoms with van der Waals surface area (Å²) in [5.74, 6) is -0.702. The number of nitrogens with zero attached hydrogens (tertiary/aromatic N) is 1. The second-order valence-electron chi connectivity index (χ2n) is 5.26. The number of aromatic amines is 1. The predicted molar refractivity (Wildman–Crippen MR) is 93.5 cm³/mol. The zero-order valence-electron chi connectivity index (χ0n) is 13.3. The lowest BCUT2D eigenvalue weighted by Crippen LogP contribution is -2.31. The van der Waals surface area contributed by atoms with E-state index in [4.69, 9.17) is 4.74 Å². The third kappa shape index (κ3) is 3.92. The summed E-state index contributed by atoms with van der Waals surface area (Å²) in [5.41, 5.74) is 0.227. The number of carbonyl (C=O) groups is 2. The molecule has 1 aromatic carbocycles. The van der Waals surface area contributed by atoms with Crippen LogP contribution in [-0.2, 0) is 9.53 Å². The van der Waals surface area contributed by atoms with Gasteiger partial charge in [-0.1, -0.05) is 18.2 Å². The fraction of sp³-hybridized carbons (Fsp3) is 0.176. The minimum atomic E-state index is -0.747. The Bertz CT molecular complexity index is 965. The van der Waals surface area contributed by atoms with Crippen LogP contribution in [-0.4, -0.2) is 28.4 Å². The molecule has 7 nitrogen and oxygen atoms in total. The van der Waals surface area contributed by atoms with Crippen LogP contribution in [0.2, 0.25) is 0 Å². The lowest BCUT2D eigenvalue weighted by Gasteiger charge is -2.13. The normalized spacial score (nSPS) is 11.9. The Morgan fingerprint density at radius 1 is 1.28 bits per heavy atom. The Morgan fingerprint density at radius 3 is 2.84 bits per heavy atom. The molecule has 0 saturated heterocycles. The number of nitrogens with one attached hydrogen (secondary N) is 2. The van der Waals surface area contributed by atoms with E-state index in [1.807, 2.05) is 0 Å². The molecule has 0 saturated carbocycles. The first-order chi connectivity index (χ1) is 12.0. The fourth-order valence-corrected chi connectivity index (χ4v) is 2.88. The summed E-state index contributed by atoms with van der Waals surface area (Å²) in [4.78, 5) is 43.2. The molecule has 2 aromatic heterocycles. The quantitative estimate of drug-likeness (QED) is 0.680. The minimum Gasteiger partial charge on any atom is -0.453 e. The summed E-state index contributed by atoms with van der Waals surface area (Å²) in [6.45, 7) is 1.34. The second-order valence-corrected chi connectivity index (χ2v) is 6.21. The van der Waals surface area contributed by atoms with Crippen molar-refractivity contribution < 1.29 is 14.3 Å². The number of aromatic nitrogens is 2. The molecular weight excluding hydrogens is 342 g/mol. The van der Waals surface area contributed by atoms with Crippen molar-refractivity contribution in [3.8, 4) is 0 Å². The maximum atomic E-state index is 12.0. The number of amides is 1. The number of carbonyl (C=O) groups excluding carboxylic acids is 2. The van der Waals surface area contributed by atoms with Crippen molar-refractivity contribution in [2.75, 3.05) is 6.54 Å². The largest absolute Gasteiger partial charge is 0.453 e. The first kappa shape index (κ1) is 16.8. The van der Waals surface area contributed by atoms with E-state index in [1.54, 1.807) is 48.7 Å². The van der Waals surface area contributed by atoms with Crippen LogP contribution >= 0.6 is 11.3 Å². The molecule has 8 heteroatoms. The smallest absolute Gasteiger partial charge is 0.326 e. The number of esters is 1. The summed E-state index contributed by atoms with van der Waals surface area (Å²) in [6, 6.07) is 10.3. The molecule has 0 fully saturated rings. The Labute approximate surface area is 146 Å². The summed E-state index contributed by atoms with van der Waals surface area (Å²) in [6.07, 6.45) is -0.747. The average molecular weight is 357 g/mol. The molecule has 1 amide bonds. The summed E-state index contributed by atoms with van der Waals surface area (Å²) < 4.78 is 5.23. The number of benzene rings is 1. The number of para-hydroxylation sites is 1. The fourth-order valence-electron chi connectivity index (χ4n) is 2.24. The molecule has 3 aromatic rings. The Kier molecular flexibility index (Phi) is 4.90. The molecule has 2 heterocycles. The van der Waals surface area contributed by atoms with Crippen molar-refractivity contribution in [1.29, 1.82) is 0 Å². The topological polar surface area (TPSA) is 101 Å². The molecule has 0 unspecified atom stereocenters.